The van der Waals surface area contributed by atoms with Crippen LogP contribution in [0.15, 0.2) is 0 Å². The first-order chi connectivity index (χ1) is 12.7. The summed E-state index contributed by atoms with van der Waals surface area (Å²) in [5.41, 5.74) is 0. The zero-order valence-corrected chi connectivity index (χ0v) is 16.3. The van der Waals surface area contributed by atoms with Crippen LogP contribution in [0.2, 0.25) is 0 Å². The molecule has 2 saturated heterocycles. The molecule has 29 heavy (non-hydrogen) atoms. The van der Waals surface area contributed by atoms with E-state index >= 15 is 0 Å². The van der Waals surface area contributed by atoms with E-state index in [1.807, 2.05) is 0 Å². The molecule has 8 atom stereocenters. The molecular weight excluding hydrogens is 376 g/mol. The van der Waals surface area contributed by atoms with Crippen molar-refractivity contribution in [2.24, 2.45) is 41.4 Å². The van der Waals surface area contributed by atoms with E-state index in [4.69, 9.17) is 9.47 Å². The monoisotopic (exact) mass is 412 g/mol. The van der Waals surface area contributed by atoms with Crippen LogP contribution in [-0.2, 0) is 33.4 Å². The Morgan fingerprint density at radius 3 is 1.86 bits per heavy atom. The van der Waals surface area contributed by atoms with E-state index in [1.165, 1.54) is 0 Å². The summed E-state index contributed by atoms with van der Waals surface area (Å²) in [5, 5.41) is 0. The molecule has 0 amide bonds. The molecule has 2 heterocycles. The van der Waals surface area contributed by atoms with Gasteiger partial charge in [0.1, 0.15) is 0 Å². The molecule has 2 bridgehead atoms. The van der Waals surface area contributed by atoms with Gasteiger partial charge >= 0.3 is 23.9 Å². The van der Waals surface area contributed by atoms with Crippen LogP contribution in [0.25, 0.3) is 0 Å². The highest BCUT2D eigenvalue weighted by Crippen LogP contribution is 2.55. The van der Waals surface area contributed by atoms with Gasteiger partial charge in [0.2, 0.25) is 6.10 Å². The van der Waals surface area contributed by atoms with Crippen LogP contribution < -0.4 is 0 Å². The molecule has 4 fully saturated rings. The average Bonchev–Trinajstić information content (AvgIpc) is 3.35. The van der Waals surface area contributed by atoms with Crippen LogP contribution in [0.1, 0.15) is 61.8 Å². The molecule has 8 unspecified atom stereocenters. The Labute approximate surface area is 173 Å². The normalized spacial score (nSPS) is 39.5. The van der Waals surface area contributed by atoms with Gasteiger partial charge in [0.25, 0.3) is 0 Å². The van der Waals surface area contributed by atoms with Gasteiger partial charge in [0, 0.05) is 6.42 Å². The number of carbonyl (C=O) groups excluding carboxylic acids is 4. The summed E-state index contributed by atoms with van der Waals surface area (Å²) in [6, 6.07) is 0. The molecule has 0 spiro atoms. The van der Waals surface area contributed by atoms with Crippen molar-refractivity contribution in [1.29, 1.82) is 0 Å². The number of esters is 4. The van der Waals surface area contributed by atoms with E-state index in [1.54, 1.807) is 13.8 Å². The first-order valence-corrected chi connectivity index (χ1v) is 9.83. The molecule has 0 aromatic heterocycles. The minimum Gasteiger partial charge on any atom is -0.463 e. The summed E-state index contributed by atoms with van der Waals surface area (Å²) >= 11 is 0. The van der Waals surface area contributed by atoms with Crippen molar-refractivity contribution in [3.05, 3.63) is 0 Å². The molecule has 7 heteroatoms. The van der Waals surface area contributed by atoms with Gasteiger partial charge in [0.05, 0.1) is 24.4 Å². The molecular formula is C22H36O7. The minimum atomic E-state index is -0.649. The zero-order valence-electron chi connectivity index (χ0n) is 16.3. The SMILES string of the molecule is C.C.CC1C(=O)OC(=O)C1C.CC1C2CC(C(=O)OC3CCOC3=O)C(C2)C1C. The Bertz CT molecular complexity index is 623. The fourth-order valence-electron chi connectivity index (χ4n) is 4.72. The fourth-order valence-corrected chi connectivity index (χ4v) is 4.72. The molecule has 4 aliphatic rings. The van der Waals surface area contributed by atoms with Crippen LogP contribution in [0, 0.1) is 41.4 Å². The van der Waals surface area contributed by atoms with E-state index in [0.717, 1.165) is 18.8 Å². The van der Waals surface area contributed by atoms with Gasteiger partial charge < -0.3 is 14.2 Å². The fraction of sp³-hybridized carbons (Fsp3) is 0.818. The first kappa shape index (κ1) is 25.1. The Kier molecular flexibility index (Phi) is 8.42. The smallest absolute Gasteiger partial charge is 0.347 e. The van der Waals surface area contributed by atoms with E-state index in [2.05, 4.69) is 18.6 Å². The van der Waals surface area contributed by atoms with Gasteiger partial charge in [-0.2, -0.15) is 0 Å². The molecule has 166 valence electrons. The summed E-state index contributed by atoms with van der Waals surface area (Å²) in [6.07, 6.45) is 1.95. The largest absolute Gasteiger partial charge is 0.463 e. The van der Waals surface area contributed by atoms with Gasteiger partial charge in [0.15, 0.2) is 0 Å². The van der Waals surface area contributed by atoms with Crippen LogP contribution in [0.4, 0.5) is 0 Å². The lowest BCUT2D eigenvalue weighted by molar-refractivity contribution is -0.165. The molecule has 0 N–H and O–H groups in total. The highest BCUT2D eigenvalue weighted by atomic mass is 16.6. The topological polar surface area (TPSA) is 96.0 Å². The van der Waals surface area contributed by atoms with Gasteiger partial charge in [-0.15, -0.1) is 0 Å². The predicted molar refractivity (Wildman–Crippen MR) is 106 cm³/mol. The van der Waals surface area contributed by atoms with Gasteiger partial charge in [-0.3, -0.25) is 14.4 Å². The maximum atomic E-state index is 12.2. The van der Waals surface area contributed by atoms with E-state index in [0.29, 0.717) is 30.8 Å². The third-order valence-electron chi connectivity index (χ3n) is 7.04. The van der Waals surface area contributed by atoms with E-state index in [-0.39, 0.29) is 44.5 Å². The summed E-state index contributed by atoms with van der Waals surface area (Å²) in [7, 11) is 0. The lowest BCUT2D eigenvalue weighted by Gasteiger charge is -2.30. The van der Waals surface area contributed by atoms with Crippen LogP contribution in [0.5, 0.6) is 0 Å². The Balaban J connectivity index is 0.000000329. The maximum Gasteiger partial charge on any atom is 0.347 e. The number of fused-ring (bicyclic) bond motifs is 2. The van der Waals surface area contributed by atoms with Crippen molar-refractivity contribution in [1.82, 2.24) is 0 Å². The zero-order chi connectivity index (χ0) is 19.9. The second-order valence-electron chi connectivity index (χ2n) is 8.42. The quantitative estimate of drug-likeness (QED) is 0.390. The van der Waals surface area contributed by atoms with Gasteiger partial charge in [-0.25, -0.2) is 4.79 Å². The maximum absolute atomic E-state index is 12.2. The van der Waals surface area contributed by atoms with Crippen LogP contribution in [-0.4, -0.2) is 36.6 Å². The number of hydrogen-bond donors (Lipinski definition) is 0. The molecule has 2 saturated carbocycles. The van der Waals surface area contributed by atoms with E-state index < -0.39 is 18.0 Å². The minimum absolute atomic E-state index is 0. The lowest BCUT2D eigenvalue weighted by atomic mass is 9.76. The third kappa shape index (κ3) is 4.81. The molecule has 0 aromatic rings. The molecule has 7 nitrogen and oxygen atoms in total. The number of hydrogen-bond acceptors (Lipinski definition) is 7. The number of carbonyl (C=O) groups is 4. The first-order valence-electron chi connectivity index (χ1n) is 9.83. The molecule has 4 rings (SSSR count). The second kappa shape index (κ2) is 9.72. The highest BCUT2D eigenvalue weighted by molar-refractivity contribution is 5.95. The van der Waals surface area contributed by atoms with Gasteiger partial charge in [-0.1, -0.05) is 42.5 Å². The van der Waals surface area contributed by atoms with Crippen LogP contribution in [0.3, 0.4) is 0 Å². The highest BCUT2D eigenvalue weighted by Gasteiger charge is 2.52. The Morgan fingerprint density at radius 1 is 0.897 bits per heavy atom. The standard InChI is InChI=1S/C14H20O4.C6H8O3.2CH4/c1-7-8(2)10-5-9(7)6-11(10)13(15)18-12-3-4-17-14(12)16;1-3-4(2)6(8)9-5(3)7;;/h7-12H,3-6H2,1-2H3;3-4H,1-2H3;2*1H4. The summed E-state index contributed by atoms with van der Waals surface area (Å²) < 4.78 is 14.5. The van der Waals surface area contributed by atoms with Crippen molar-refractivity contribution in [2.45, 2.75) is 67.9 Å². The number of ether oxygens (including phenoxy) is 3. The van der Waals surface area contributed by atoms with Crippen LogP contribution >= 0.6 is 0 Å². The third-order valence-corrected chi connectivity index (χ3v) is 7.04. The summed E-state index contributed by atoms with van der Waals surface area (Å²) in [4.78, 5) is 44.6. The average molecular weight is 413 g/mol. The molecule has 2 aliphatic carbocycles. The Hall–Kier alpha value is -1.92. The summed E-state index contributed by atoms with van der Waals surface area (Å²) in [5.74, 6) is 0.586. The Morgan fingerprint density at radius 2 is 1.48 bits per heavy atom. The number of cyclic esters (lactones) is 3. The van der Waals surface area contributed by atoms with Crippen molar-refractivity contribution in [3.63, 3.8) is 0 Å². The lowest BCUT2D eigenvalue weighted by Crippen LogP contribution is -2.34. The molecule has 0 radical (unpaired) electrons. The van der Waals surface area contributed by atoms with Gasteiger partial charge in [-0.05, 0) is 36.5 Å². The van der Waals surface area contributed by atoms with Crippen molar-refractivity contribution in [3.8, 4) is 0 Å². The molecule has 2 aliphatic heterocycles. The second-order valence-corrected chi connectivity index (χ2v) is 8.42. The van der Waals surface area contributed by atoms with E-state index in [9.17, 15) is 19.2 Å². The summed E-state index contributed by atoms with van der Waals surface area (Å²) in [6.45, 7) is 8.28. The molecule has 0 aromatic carbocycles. The van der Waals surface area contributed by atoms with Crippen molar-refractivity contribution < 1.29 is 33.4 Å². The van der Waals surface area contributed by atoms with Crippen molar-refractivity contribution >= 4 is 23.9 Å². The predicted octanol–water partition coefficient (Wildman–Crippen LogP) is 3.39. The number of rotatable bonds is 2. The van der Waals surface area contributed by atoms with Crippen molar-refractivity contribution in [2.75, 3.05) is 6.61 Å².